The molecule has 2 aromatic carbocycles. The monoisotopic (exact) mass is 422 g/mol. The van der Waals surface area contributed by atoms with Crippen LogP contribution in [0.5, 0.6) is 0 Å². The molecule has 1 aliphatic heterocycles. The second kappa shape index (κ2) is 8.06. The Kier molecular flexibility index (Phi) is 5.43. The van der Waals surface area contributed by atoms with Crippen LogP contribution in [-0.2, 0) is 14.3 Å². The average Bonchev–Trinajstić information content (AvgIpc) is 3.31. The van der Waals surface area contributed by atoms with Gasteiger partial charge in [-0.2, -0.15) is 0 Å². The molecule has 4 rings (SSSR count). The van der Waals surface area contributed by atoms with Crippen LogP contribution in [0.2, 0.25) is 0 Å². The highest BCUT2D eigenvalue weighted by Crippen LogP contribution is 2.44. The second-order valence-electron chi connectivity index (χ2n) is 8.57. The molecule has 2 aliphatic rings. The molecule has 2 aromatic rings. The summed E-state index contributed by atoms with van der Waals surface area (Å²) in [6.45, 7) is 3.88. The number of fused-ring (bicyclic) bond motifs is 3. The van der Waals surface area contributed by atoms with Gasteiger partial charge in [-0.1, -0.05) is 48.5 Å². The summed E-state index contributed by atoms with van der Waals surface area (Å²) in [5.41, 5.74) is 3.58. The van der Waals surface area contributed by atoms with E-state index in [-0.39, 0.29) is 25.0 Å². The predicted octanol–water partition coefficient (Wildman–Crippen LogP) is 3.24. The quantitative estimate of drug-likeness (QED) is 0.771. The van der Waals surface area contributed by atoms with E-state index in [9.17, 15) is 19.5 Å². The molecule has 7 nitrogen and oxygen atoms in total. The number of hydrogen-bond acceptors (Lipinski definition) is 4. The lowest BCUT2D eigenvalue weighted by Crippen LogP contribution is -2.47. The number of hydrogen-bond donors (Lipinski definition) is 2. The first-order chi connectivity index (χ1) is 14.8. The number of benzene rings is 2. The highest BCUT2D eigenvalue weighted by Gasteiger charge is 2.43. The molecule has 0 aromatic heterocycles. The number of carboxylic acids is 1. The van der Waals surface area contributed by atoms with Crippen LogP contribution >= 0.6 is 0 Å². The summed E-state index contributed by atoms with van der Waals surface area (Å²) >= 11 is 0. The zero-order chi connectivity index (χ0) is 22.2. The van der Waals surface area contributed by atoms with Crippen molar-refractivity contribution in [3.05, 3.63) is 59.7 Å². The Morgan fingerprint density at radius 1 is 1.13 bits per heavy atom. The fourth-order valence-electron chi connectivity index (χ4n) is 4.48. The van der Waals surface area contributed by atoms with Crippen LogP contribution in [0.4, 0.5) is 4.79 Å². The van der Waals surface area contributed by atoms with E-state index < -0.39 is 23.5 Å². The lowest BCUT2D eigenvalue weighted by atomic mass is 9.90. The van der Waals surface area contributed by atoms with Crippen LogP contribution in [0.3, 0.4) is 0 Å². The molecule has 1 aliphatic carbocycles. The Morgan fingerprint density at radius 3 is 2.26 bits per heavy atom. The first kappa shape index (κ1) is 20.9. The van der Waals surface area contributed by atoms with Gasteiger partial charge in [0.15, 0.2) is 0 Å². The van der Waals surface area contributed by atoms with E-state index in [0.29, 0.717) is 13.0 Å². The van der Waals surface area contributed by atoms with Gasteiger partial charge >= 0.3 is 12.1 Å². The van der Waals surface area contributed by atoms with E-state index in [2.05, 4.69) is 17.4 Å². The number of carboxylic acid groups (broad SMARTS) is 1. The predicted molar refractivity (Wildman–Crippen MR) is 115 cm³/mol. The summed E-state index contributed by atoms with van der Waals surface area (Å²) in [7, 11) is 0. The third-order valence-electron chi connectivity index (χ3n) is 6.35. The van der Waals surface area contributed by atoms with Gasteiger partial charge in [-0.05, 0) is 42.5 Å². The van der Waals surface area contributed by atoms with E-state index in [1.807, 2.05) is 36.4 Å². The van der Waals surface area contributed by atoms with Crippen LogP contribution in [0.15, 0.2) is 48.5 Å². The Hall–Kier alpha value is -3.35. The van der Waals surface area contributed by atoms with Crippen LogP contribution in [0.1, 0.15) is 37.3 Å². The minimum absolute atomic E-state index is 0.0565. The zero-order valence-electron chi connectivity index (χ0n) is 17.6. The minimum atomic E-state index is -0.945. The van der Waals surface area contributed by atoms with E-state index in [0.717, 1.165) is 22.3 Å². The van der Waals surface area contributed by atoms with Gasteiger partial charge in [0.25, 0.3) is 0 Å². The van der Waals surface area contributed by atoms with Crippen LogP contribution < -0.4 is 5.32 Å². The van der Waals surface area contributed by atoms with Crippen LogP contribution in [0.25, 0.3) is 11.1 Å². The molecule has 0 radical (unpaired) electrons. The van der Waals surface area contributed by atoms with Gasteiger partial charge in [0.2, 0.25) is 5.91 Å². The molecule has 1 heterocycles. The molecule has 162 valence electrons. The molecule has 0 bridgehead atoms. The molecule has 7 heteroatoms. The maximum Gasteiger partial charge on any atom is 0.407 e. The lowest BCUT2D eigenvalue weighted by Gasteiger charge is -2.23. The van der Waals surface area contributed by atoms with Crippen LogP contribution in [0, 0.1) is 5.41 Å². The fraction of sp³-hybridized carbons (Fsp3) is 0.375. The fourth-order valence-corrected chi connectivity index (χ4v) is 4.48. The van der Waals surface area contributed by atoms with Crippen LogP contribution in [-0.4, -0.2) is 53.7 Å². The number of ether oxygens (including phenoxy) is 1. The third-order valence-corrected chi connectivity index (χ3v) is 6.35. The molecule has 31 heavy (non-hydrogen) atoms. The van der Waals surface area contributed by atoms with Crippen molar-refractivity contribution in [1.82, 2.24) is 10.2 Å². The summed E-state index contributed by atoms with van der Waals surface area (Å²) in [5.74, 6) is -1.28. The Bertz CT molecular complexity index is 991. The third kappa shape index (κ3) is 3.87. The summed E-state index contributed by atoms with van der Waals surface area (Å²) in [6.07, 6.45) is -0.269. The summed E-state index contributed by atoms with van der Waals surface area (Å²) in [6, 6.07) is 15.3. The number of nitrogens with zero attached hydrogens (tertiary/aromatic N) is 1. The van der Waals surface area contributed by atoms with E-state index in [1.165, 1.54) is 4.90 Å². The topological polar surface area (TPSA) is 95.9 Å². The van der Waals surface area contributed by atoms with Crippen molar-refractivity contribution >= 4 is 18.0 Å². The van der Waals surface area contributed by atoms with Gasteiger partial charge in [-0.3, -0.25) is 9.59 Å². The molecule has 1 fully saturated rings. The van der Waals surface area contributed by atoms with E-state index in [1.54, 1.807) is 13.8 Å². The molecular formula is C24H26N2O5. The van der Waals surface area contributed by atoms with Gasteiger partial charge in [0.05, 0.1) is 5.41 Å². The Balaban J connectivity index is 1.36. The summed E-state index contributed by atoms with van der Waals surface area (Å²) in [5, 5.41) is 11.9. The maximum absolute atomic E-state index is 12.6. The molecule has 0 saturated carbocycles. The summed E-state index contributed by atoms with van der Waals surface area (Å²) < 4.78 is 5.49. The number of amides is 2. The van der Waals surface area contributed by atoms with Gasteiger partial charge < -0.3 is 20.1 Å². The van der Waals surface area contributed by atoms with Gasteiger partial charge in [0.1, 0.15) is 12.6 Å². The first-order valence-corrected chi connectivity index (χ1v) is 10.4. The van der Waals surface area contributed by atoms with Crippen molar-refractivity contribution in [3.8, 4) is 11.1 Å². The number of carbonyl (C=O) groups excluding carboxylic acids is 2. The second-order valence-corrected chi connectivity index (χ2v) is 8.57. The standard InChI is InChI=1S/C24H26N2O5/c1-15(21(27)26-12-11-24(2,14-26)22(28)29)25-23(30)31-13-20-18-9-5-3-7-16(18)17-8-4-6-10-19(17)20/h3-10,15,20H,11-14H2,1-2H3,(H,25,30)(H,28,29)/t15-,24?/m0/s1. The van der Waals surface area contributed by atoms with Gasteiger partial charge in [0, 0.05) is 19.0 Å². The zero-order valence-corrected chi connectivity index (χ0v) is 17.6. The number of rotatable bonds is 5. The normalized spacial score (nSPS) is 20.6. The van der Waals surface area contributed by atoms with E-state index in [4.69, 9.17) is 4.74 Å². The number of aliphatic carboxylic acids is 1. The van der Waals surface area contributed by atoms with Gasteiger partial charge in [-0.25, -0.2) is 4.79 Å². The molecular weight excluding hydrogens is 396 g/mol. The summed E-state index contributed by atoms with van der Waals surface area (Å²) in [4.78, 5) is 37.9. The lowest BCUT2D eigenvalue weighted by molar-refractivity contribution is -0.147. The molecule has 2 amide bonds. The molecule has 2 N–H and O–H groups in total. The Labute approximate surface area is 181 Å². The first-order valence-electron chi connectivity index (χ1n) is 10.4. The van der Waals surface area contributed by atoms with Crippen molar-refractivity contribution in [2.45, 2.75) is 32.2 Å². The Morgan fingerprint density at radius 2 is 1.71 bits per heavy atom. The van der Waals surface area contributed by atoms with Crippen molar-refractivity contribution < 1.29 is 24.2 Å². The van der Waals surface area contributed by atoms with Crippen molar-refractivity contribution in [1.29, 1.82) is 0 Å². The smallest absolute Gasteiger partial charge is 0.407 e. The number of nitrogens with one attached hydrogen (secondary N) is 1. The number of alkyl carbamates (subject to hydrolysis) is 1. The highest BCUT2D eigenvalue weighted by molar-refractivity contribution is 5.87. The van der Waals surface area contributed by atoms with Crippen molar-refractivity contribution in [3.63, 3.8) is 0 Å². The maximum atomic E-state index is 12.6. The molecule has 1 unspecified atom stereocenters. The molecule has 0 spiro atoms. The van der Waals surface area contributed by atoms with E-state index >= 15 is 0 Å². The largest absolute Gasteiger partial charge is 0.481 e. The number of carbonyl (C=O) groups is 3. The van der Waals surface area contributed by atoms with Crippen molar-refractivity contribution in [2.24, 2.45) is 5.41 Å². The van der Waals surface area contributed by atoms with Gasteiger partial charge in [-0.15, -0.1) is 0 Å². The molecule has 2 atom stereocenters. The average molecular weight is 422 g/mol. The molecule has 1 saturated heterocycles. The van der Waals surface area contributed by atoms with Crippen molar-refractivity contribution in [2.75, 3.05) is 19.7 Å². The highest BCUT2D eigenvalue weighted by atomic mass is 16.5. The number of likely N-dealkylation sites (tertiary alicyclic amines) is 1. The SMILES string of the molecule is C[C@H](NC(=O)OCC1c2ccccc2-c2ccccc21)C(=O)N1CCC(C)(C(=O)O)C1. The minimum Gasteiger partial charge on any atom is -0.481 e.